The fourth-order valence-electron chi connectivity index (χ4n) is 1.96. The molecule has 0 bridgehead atoms. The van der Waals surface area contributed by atoms with E-state index in [0.29, 0.717) is 29.1 Å². The van der Waals surface area contributed by atoms with Gasteiger partial charge in [-0.15, -0.1) is 11.8 Å². The summed E-state index contributed by atoms with van der Waals surface area (Å²) in [6, 6.07) is 0.839. The second kappa shape index (κ2) is 8.70. The van der Waals surface area contributed by atoms with Crippen molar-refractivity contribution in [1.82, 2.24) is 9.97 Å². The lowest BCUT2D eigenvalue weighted by molar-refractivity contribution is -0.137. The van der Waals surface area contributed by atoms with Gasteiger partial charge in [-0.05, 0) is 13.0 Å². The molecule has 2 N–H and O–H groups in total. The molecule has 2 rings (SSSR count). The van der Waals surface area contributed by atoms with E-state index in [-0.39, 0.29) is 22.4 Å². The van der Waals surface area contributed by atoms with Crippen LogP contribution in [-0.4, -0.2) is 38.7 Å². The molecule has 2 aromatic heterocycles. The number of alkyl halides is 3. The van der Waals surface area contributed by atoms with Crippen molar-refractivity contribution in [2.45, 2.75) is 24.7 Å². The smallest absolute Gasteiger partial charge is 0.417 e. The molecule has 0 spiro atoms. The summed E-state index contributed by atoms with van der Waals surface area (Å²) < 4.78 is 37.7. The van der Waals surface area contributed by atoms with Gasteiger partial charge < -0.3 is 10.2 Å². The summed E-state index contributed by atoms with van der Waals surface area (Å²) in [5, 5.41) is 19.5. The van der Waals surface area contributed by atoms with Gasteiger partial charge in [0, 0.05) is 42.0 Å². The van der Waals surface area contributed by atoms with Gasteiger partial charge in [-0.3, -0.25) is 9.98 Å². The largest absolute Gasteiger partial charge is 0.505 e. The van der Waals surface area contributed by atoms with E-state index in [1.807, 2.05) is 0 Å². The molecule has 0 aromatic carbocycles. The first-order valence-electron chi connectivity index (χ1n) is 7.37. The Morgan fingerprint density at radius 1 is 1.31 bits per heavy atom. The van der Waals surface area contributed by atoms with Crippen LogP contribution in [0.3, 0.4) is 0 Å². The topological polar surface area (TPSA) is 78.6 Å². The van der Waals surface area contributed by atoms with Gasteiger partial charge in [0.1, 0.15) is 10.8 Å². The van der Waals surface area contributed by atoms with Crippen LogP contribution in [0.5, 0.6) is 5.75 Å². The average molecular weight is 406 g/mol. The number of aliphatic hydroxyl groups excluding tert-OH is 1. The first kappa shape index (κ1) is 20.5. The number of aliphatic imine (C=N–C) groups is 1. The number of aliphatic hydroxyl groups is 1. The molecule has 5 nitrogen and oxygen atoms in total. The number of nitrogens with zero attached hydrogens (tertiary/aromatic N) is 3. The van der Waals surface area contributed by atoms with Gasteiger partial charge in [-0.1, -0.05) is 11.6 Å². The highest BCUT2D eigenvalue weighted by atomic mass is 35.5. The molecule has 0 fully saturated rings. The molecule has 0 aliphatic heterocycles. The van der Waals surface area contributed by atoms with Crippen molar-refractivity contribution in [2.24, 2.45) is 4.99 Å². The van der Waals surface area contributed by atoms with Gasteiger partial charge >= 0.3 is 6.18 Å². The van der Waals surface area contributed by atoms with Gasteiger partial charge in [-0.25, -0.2) is 4.98 Å². The quantitative estimate of drug-likeness (QED) is 0.433. The average Bonchev–Trinajstić information content (AvgIpc) is 2.58. The molecule has 0 aliphatic carbocycles. The van der Waals surface area contributed by atoms with Gasteiger partial charge in [0.25, 0.3) is 0 Å². The molecule has 0 atom stereocenters. The van der Waals surface area contributed by atoms with Crippen LogP contribution in [0.15, 0.2) is 28.5 Å². The molecule has 0 saturated heterocycles. The maximum absolute atomic E-state index is 12.6. The minimum Gasteiger partial charge on any atom is -0.505 e. The van der Waals surface area contributed by atoms with E-state index in [1.54, 1.807) is 6.92 Å². The molecule has 2 heterocycles. The Kier molecular flexibility index (Phi) is 6.85. The predicted octanol–water partition coefficient (Wildman–Crippen LogP) is 3.87. The number of hydrogen-bond donors (Lipinski definition) is 2. The first-order chi connectivity index (χ1) is 12.2. The van der Waals surface area contributed by atoms with Gasteiger partial charge in [0.2, 0.25) is 0 Å². The Labute approximate surface area is 157 Å². The third-order valence-electron chi connectivity index (χ3n) is 3.34. The Morgan fingerprint density at radius 2 is 2.04 bits per heavy atom. The van der Waals surface area contributed by atoms with Crippen LogP contribution in [0, 0.1) is 6.92 Å². The fourth-order valence-corrected chi connectivity index (χ4v) is 3.00. The van der Waals surface area contributed by atoms with Crippen LogP contribution in [0.1, 0.15) is 22.4 Å². The van der Waals surface area contributed by atoms with Crippen LogP contribution >= 0.6 is 23.4 Å². The first-order valence-corrected chi connectivity index (χ1v) is 8.74. The number of rotatable bonds is 6. The molecule has 10 heteroatoms. The molecule has 0 amide bonds. The molecule has 0 saturated carbocycles. The summed E-state index contributed by atoms with van der Waals surface area (Å²) in [6.07, 6.45) is -0.864. The van der Waals surface area contributed by atoms with Crippen molar-refractivity contribution in [1.29, 1.82) is 0 Å². The molecule has 140 valence electrons. The molecular weight excluding hydrogens is 391 g/mol. The standard InChI is InChI=1S/C16H15ClF3N3O2S/c1-9-14(25)12(10(8-24)5-22-9)7-21-2-3-26-15-13(17)4-11(6-23-15)16(18,19)20/h4-7,24-25H,2-3,8H2,1H3. The van der Waals surface area contributed by atoms with E-state index >= 15 is 0 Å². The summed E-state index contributed by atoms with van der Waals surface area (Å²) in [5.74, 6) is 0.369. The number of thioether (sulfide) groups is 1. The zero-order chi connectivity index (χ0) is 19.3. The summed E-state index contributed by atoms with van der Waals surface area (Å²) in [4.78, 5) is 11.8. The van der Waals surface area contributed by atoms with E-state index in [4.69, 9.17) is 11.6 Å². The second-order valence-electron chi connectivity index (χ2n) is 5.18. The number of halogens is 4. The highest BCUT2D eigenvalue weighted by Crippen LogP contribution is 2.33. The highest BCUT2D eigenvalue weighted by Gasteiger charge is 2.31. The number of hydrogen-bond acceptors (Lipinski definition) is 6. The van der Waals surface area contributed by atoms with Gasteiger partial charge in [0.15, 0.2) is 0 Å². The fraction of sp³-hybridized carbons (Fsp3) is 0.312. The van der Waals surface area contributed by atoms with Crippen LogP contribution in [0.4, 0.5) is 13.2 Å². The number of aromatic nitrogens is 2. The number of pyridine rings is 2. The molecule has 0 radical (unpaired) electrons. The van der Waals surface area contributed by atoms with Crippen LogP contribution in [-0.2, 0) is 12.8 Å². The number of aromatic hydroxyl groups is 1. The minimum atomic E-state index is -4.49. The van der Waals surface area contributed by atoms with E-state index in [0.717, 1.165) is 12.3 Å². The third kappa shape index (κ3) is 5.09. The monoisotopic (exact) mass is 405 g/mol. The van der Waals surface area contributed by atoms with Crippen molar-refractivity contribution in [3.05, 3.63) is 45.9 Å². The Morgan fingerprint density at radius 3 is 2.65 bits per heavy atom. The van der Waals surface area contributed by atoms with Gasteiger partial charge in [0.05, 0.1) is 22.9 Å². The SMILES string of the molecule is Cc1ncc(CO)c(C=NCCSc2ncc(C(F)(F)F)cc2Cl)c1O. The molecular formula is C16H15ClF3N3O2S. The van der Waals surface area contributed by atoms with E-state index < -0.39 is 11.7 Å². The van der Waals surface area contributed by atoms with Crippen molar-refractivity contribution in [2.75, 3.05) is 12.3 Å². The Balaban J connectivity index is 1.98. The van der Waals surface area contributed by atoms with E-state index in [2.05, 4.69) is 15.0 Å². The predicted molar refractivity (Wildman–Crippen MR) is 94.0 cm³/mol. The van der Waals surface area contributed by atoms with Crippen molar-refractivity contribution in [3.8, 4) is 5.75 Å². The highest BCUT2D eigenvalue weighted by molar-refractivity contribution is 7.99. The molecule has 2 aromatic rings. The zero-order valence-electron chi connectivity index (χ0n) is 13.6. The maximum Gasteiger partial charge on any atom is 0.417 e. The third-order valence-corrected chi connectivity index (χ3v) is 4.73. The van der Waals surface area contributed by atoms with Crippen LogP contribution in [0.2, 0.25) is 5.02 Å². The van der Waals surface area contributed by atoms with E-state index in [9.17, 15) is 23.4 Å². The Bertz CT molecular complexity index is 816. The lowest BCUT2D eigenvalue weighted by atomic mass is 10.1. The van der Waals surface area contributed by atoms with Crippen molar-refractivity contribution >= 4 is 29.6 Å². The summed E-state index contributed by atoms with van der Waals surface area (Å²) in [6.45, 7) is 1.65. The lowest BCUT2D eigenvalue weighted by Gasteiger charge is -2.08. The van der Waals surface area contributed by atoms with Crippen LogP contribution in [0.25, 0.3) is 0 Å². The number of aryl methyl sites for hydroxylation is 1. The molecule has 0 aliphatic rings. The molecule has 0 unspecified atom stereocenters. The van der Waals surface area contributed by atoms with E-state index in [1.165, 1.54) is 24.2 Å². The lowest BCUT2D eigenvalue weighted by Crippen LogP contribution is -2.05. The van der Waals surface area contributed by atoms with Gasteiger partial charge in [-0.2, -0.15) is 13.2 Å². The molecule has 26 heavy (non-hydrogen) atoms. The summed E-state index contributed by atoms with van der Waals surface area (Å²) in [7, 11) is 0. The summed E-state index contributed by atoms with van der Waals surface area (Å²) in [5.41, 5.74) is 0.344. The summed E-state index contributed by atoms with van der Waals surface area (Å²) >= 11 is 7.00. The van der Waals surface area contributed by atoms with Crippen LogP contribution < -0.4 is 0 Å². The zero-order valence-corrected chi connectivity index (χ0v) is 15.2. The Hall–Kier alpha value is -1.84. The van der Waals surface area contributed by atoms with Crippen molar-refractivity contribution < 1.29 is 23.4 Å². The maximum atomic E-state index is 12.6. The normalized spacial score (nSPS) is 12.1. The van der Waals surface area contributed by atoms with Crippen molar-refractivity contribution in [3.63, 3.8) is 0 Å². The second-order valence-corrected chi connectivity index (χ2v) is 6.67. The minimum absolute atomic E-state index is 0.0552.